The number of carbonyl (C=O) groups excluding carboxylic acids is 1. The Kier molecular flexibility index (Phi) is 4.84. The lowest BCUT2D eigenvalue weighted by molar-refractivity contribution is 0.0960. The number of ketones is 1. The highest BCUT2D eigenvalue weighted by molar-refractivity contribution is 6.18. The fourth-order valence-corrected chi connectivity index (χ4v) is 4.09. The quantitative estimate of drug-likeness (QED) is 0.495. The van der Waals surface area contributed by atoms with Gasteiger partial charge in [0.15, 0.2) is 0 Å². The summed E-state index contributed by atoms with van der Waals surface area (Å²) in [7, 11) is 0. The summed E-state index contributed by atoms with van der Waals surface area (Å²) in [6.07, 6.45) is 0. The van der Waals surface area contributed by atoms with Crippen LogP contribution in [0.3, 0.4) is 0 Å². The zero-order chi connectivity index (χ0) is 21.4. The fourth-order valence-electron chi connectivity index (χ4n) is 4.09. The molecule has 1 aliphatic rings. The average molecular weight is 412 g/mol. The minimum absolute atomic E-state index is 0.156. The van der Waals surface area contributed by atoms with Gasteiger partial charge < -0.3 is 15.6 Å². The zero-order valence-corrected chi connectivity index (χ0v) is 16.8. The topological polar surface area (TPSA) is 74.5 Å². The fraction of sp³-hybridized carbons (Fsp3) is 0.120. The standard InChI is InChI=1S/C25H21FN4O/c26-19-10-4-2-8-17(19)24-18-9-3-6-12-23(18)30(15-27)14-22(29-24)25(31)21-13-16-7-1-5-11-20(16)28-21/h1-13,22,28H,14-15,27H2. The molecular weight excluding hydrogens is 391 g/mol. The van der Waals surface area contributed by atoms with Gasteiger partial charge in [-0.25, -0.2) is 4.39 Å². The molecule has 1 unspecified atom stereocenters. The Hall–Kier alpha value is -3.77. The first-order valence-electron chi connectivity index (χ1n) is 10.1. The molecule has 1 atom stereocenters. The number of benzodiazepines with no additional fused rings is 1. The Morgan fingerprint density at radius 3 is 2.52 bits per heavy atom. The van der Waals surface area contributed by atoms with Crippen LogP contribution < -0.4 is 10.6 Å². The molecule has 154 valence electrons. The van der Waals surface area contributed by atoms with Crippen LogP contribution in [-0.2, 0) is 0 Å². The minimum Gasteiger partial charge on any atom is -0.356 e. The van der Waals surface area contributed by atoms with E-state index in [1.54, 1.807) is 18.2 Å². The van der Waals surface area contributed by atoms with Crippen molar-refractivity contribution in [1.29, 1.82) is 0 Å². The Balaban J connectivity index is 1.66. The molecule has 0 aliphatic carbocycles. The molecule has 0 saturated carbocycles. The predicted octanol–water partition coefficient (Wildman–Crippen LogP) is 4.13. The lowest BCUT2D eigenvalue weighted by atomic mass is 9.99. The molecule has 0 amide bonds. The Morgan fingerprint density at radius 1 is 1.03 bits per heavy atom. The molecular formula is C25H21FN4O. The monoisotopic (exact) mass is 412 g/mol. The van der Waals surface area contributed by atoms with E-state index < -0.39 is 6.04 Å². The highest BCUT2D eigenvalue weighted by atomic mass is 19.1. The number of carbonyl (C=O) groups is 1. The van der Waals surface area contributed by atoms with Gasteiger partial charge in [-0.3, -0.25) is 9.79 Å². The van der Waals surface area contributed by atoms with Crippen molar-refractivity contribution in [3.8, 4) is 0 Å². The number of nitrogens with two attached hydrogens (primary N) is 1. The highest BCUT2D eigenvalue weighted by Crippen LogP contribution is 2.29. The van der Waals surface area contributed by atoms with Crippen molar-refractivity contribution < 1.29 is 9.18 Å². The number of H-pyrrole nitrogens is 1. The smallest absolute Gasteiger partial charge is 0.205 e. The number of hydrogen-bond donors (Lipinski definition) is 2. The first-order valence-corrected chi connectivity index (χ1v) is 10.1. The molecule has 4 aromatic rings. The Labute approximate surface area is 179 Å². The van der Waals surface area contributed by atoms with Gasteiger partial charge in [-0.15, -0.1) is 0 Å². The van der Waals surface area contributed by atoms with E-state index in [0.29, 0.717) is 23.5 Å². The number of aromatic nitrogens is 1. The van der Waals surface area contributed by atoms with Crippen molar-refractivity contribution in [2.24, 2.45) is 10.7 Å². The van der Waals surface area contributed by atoms with E-state index in [-0.39, 0.29) is 18.3 Å². The normalized spacial score (nSPS) is 16.0. The molecule has 0 saturated heterocycles. The highest BCUT2D eigenvalue weighted by Gasteiger charge is 2.30. The van der Waals surface area contributed by atoms with Gasteiger partial charge in [0.2, 0.25) is 5.78 Å². The van der Waals surface area contributed by atoms with E-state index in [1.165, 1.54) is 6.07 Å². The van der Waals surface area contributed by atoms with Crippen molar-refractivity contribution in [3.63, 3.8) is 0 Å². The SMILES string of the molecule is NCN1CC(C(=O)c2cc3ccccc3[nH]2)N=C(c2ccccc2F)c2ccccc21. The molecule has 1 aromatic heterocycles. The molecule has 0 fully saturated rings. The summed E-state index contributed by atoms with van der Waals surface area (Å²) in [6.45, 7) is 0.521. The number of anilines is 1. The first kappa shape index (κ1) is 19.2. The molecule has 6 heteroatoms. The van der Waals surface area contributed by atoms with Crippen LogP contribution in [0.15, 0.2) is 83.9 Å². The van der Waals surface area contributed by atoms with Gasteiger partial charge in [0, 0.05) is 34.3 Å². The van der Waals surface area contributed by atoms with Gasteiger partial charge in [0.1, 0.15) is 11.9 Å². The number of nitrogens with zero attached hydrogens (tertiary/aromatic N) is 2. The Morgan fingerprint density at radius 2 is 1.74 bits per heavy atom. The van der Waals surface area contributed by atoms with Crippen molar-refractivity contribution >= 4 is 28.1 Å². The molecule has 3 aromatic carbocycles. The number of halogens is 1. The summed E-state index contributed by atoms with van der Waals surface area (Å²) in [5.41, 5.74) is 9.82. The number of Topliss-reactive ketones (excluding diaryl/α,β-unsaturated/α-hetero) is 1. The van der Waals surface area contributed by atoms with Crippen LogP contribution in [-0.4, -0.2) is 35.7 Å². The maximum atomic E-state index is 14.8. The van der Waals surface area contributed by atoms with Gasteiger partial charge >= 0.3 is 0 Å². The van der Waals surface area contributed by atoms with Crippen molar-refractivity contribution in [3.05, 3.63) is 102 Å². The average Bonchev–Trinajstić information content (AvgIpc) is 3.16. The number of benzene rings is 3. The number of nitrogens with one attached hydrogen (secondary N) is 1. The second-order valence-electron chi connectivity index (χ2n) is 7.53. The third-order valence-electron chi connectivity index (χ3n) is 5.63. The van der Waals surface area contributed by atoms with E-state index in [2.05, 4.69) is 4.98 Å². The molecule has 1 aliphatic heterocycles. The number of aromatic amines is 1. The van der Waals surface area contributed by atoms with Crippen molar-refractivity contribution in [2.45, 2.75) is 6.04 Å². The zero-order valence-electron chi connectivity index (χ0n) is 16.8. The number of aliphatic imine (C=N–C) groups is 1. The summed E-state index contributed by atoms with van der Waals surface area (Å²) in [5, 5.41) is 0.955. The summed E-state index contributed by atoms with van der Waals surface area (Å²) >= 11 is 0. The second kappa shape index (κ2) is 7.81. The van der Waals surface area contributed by atoms with Crippen LogP contribution in [0.4, 0.5) is 10.1 Å². The minimum atomic E-state index is -0.737. The summed E-state index contributed by atoms with van der Waals surface area (Å²) in [4.78, 5) is 23.4. The van der Waals surface area contributed by atoms with E-state index >= 15 is 0 Å². The van der Waals surface area contributed by atoms with E-state index in [4.69, 9.17) is 10.7 Å². The van der Waals surface area contributed by atoms with Crippen LogP contribution >= 0.6 is 0 Å². The number of fused-ring (bicyclic) bond motifs is 2. The number of hydrogen-bond acceptors (Lipinski definition) is 4. The Bertz CT molecular complexity index is 1280. The van der Waals surface area contributed by atoms with Crippen molar-refractivity contribution in [1.82, 2.24) is 4.98 Å². The molecule has 5 rings (SSSR count). The van der Waals surface area contributed by atoms with Gasteiger partial charge in [-0.1, -0.05) is 48.5 Å². The third kappa shape index (κ3) is 3.41. The summed E-state index contributed by atoms with van der Waals surface area (Å²) < 4.78 is 14.8. The van der Waals surface area contributed by atoms with Crippen molar-refractivity contribution in [2.75, 3.05) is 18.1 Å². The molecule has 3 N–H and O–H groups in total. The predicted molar refractivity (Wildman–Crippen MR) is 121 cm³/mol. The van der Waals surface area contributed by atoms with Crippen LogP contribution in [0.25, 0.3) is 10.9 Å². The lowest BCUT2D eigenvalue weighted by Crippen LogP contribution is -2.39. The summed E-state index contributed by atoms with van der Waals surface area (Å²) in [6, 6.07) is 22.9. The first-order chi connectivity index (χ1) is 15.2. The lowest BCUT2D eigenvalue weighted by Gasteiger charge is -2.24. The maximum Gasteiger partial charge on any atom is 0.205 e. The summed E-state index contributed by atoms with van der Waals surface area (Å²) in [5.74, 6) is -0.537. The van der Waals surface area contributed by atoms with Gasteiger partial charge in [-0.05, 0) is 30.3 Å². The second-order valence-corrected chi connectivity index (χ2v) is 7.53. The largest absolute Gasteiger partial charge is 0.356 e. The molecule has 31 heavy (non-hydrogen) atoms. The van der Waals surface area contributed by atoms with Crippen LogP contribution in [0, 0.1) is 5.82 Å². The van der Waals surface area contributed by atoms with Gasteiger partial charge in [-0.2, -0.15) is 0 Å². The van der Waals surface area contributed by atoms with Gasteiger partial charge in [0.25, 0.3) is 0 Å². The molecule has 0 spiro atoms. The molecule has 2 heterocycles. The van der Waals surface area contributed by atoms with Gasteiger partial charge in [0.05, 0.1) is 18.1 Å². The maximum absolute atomic E-state index is 14.8. The van der Waals surface area contributed by atoms with E-state index in [1.807, 2.05) is 59.5 Å². The number of para-hydroxylation sites is 2. The van der Waals surface area contributed by atoms with E-state index in [9.17, 15) is 9.18 Å². The molecule has 5 nitrogen and oxygen atoms in total. The third-order valence-corrected chi connectivity index (χ3v) is 5.63. The molecule has 0 bridgehead atoms. The number of rotatable bonds is 4. The van der Waals surface area contributed by atoms with Crippen LogP contribution in [0.2, 0.25) is 0 Å². The van der Waals surface area contributed by atoms with Crippen LogP contribution in [0.5, 0.6) is 0 Å². The van der Waals surface area contributed by atoms with E-state index in [0.717, 1.165) is 22.2 Å². The molecule has 0 radical (unpaired) electrons. The van der Waals surface area contributed by atoms with Crippen LogP contribution in [0.1, 0.15) is 21.6 Å².